The summed E-state index contributed by atoms with van der Waals surface area (Å²) in [6.07, 6.45) is 6.68. The summed E-state index contributed by atoms with van der Waals surface area (Å²) < 4.78 is 4.85. The van der Waals surface area contributed by atoms with Crippen LogP contribution in [0, 0.1) is 0 Å². The summed E-state index contributed by atoms with van der Waals surface area (Å²) in [5, 5.41) is 3.81. The number of allylic oxidation sites excluding steroid dienone is 1. The van der Waals surface area contributed by atoms with Crippen LogP contribution in [0.2, 0.25) is 0 Å². The van der Waals surface area contributed by atoms with Crippen LogP contribution in [0.25, 0.3) is 94.9 Å². The fourth-order valence-electron chi connectivity index (χ4n) is 8.78. The van der Waals surface area contributed by atoms with Crippen molar-refractivity contribution in [3.05, 3.63) is 205 Å². The van der Waals surface area contributed by atoms with E-state index in [1.54, 1.807) is 0 Å². The first-order valence-electron chi connectivity index (χ1n) is 19.4. The van der Waals surface area contributed by atoms with Gasteiger partial charge in [0.25, 0.3) is 0 Å². The molecule has 10 aromatic rings. The lowest BCUT2D eigenvalue weighted by Crippen LogP contribution is -2.03. The Hall–Kier alpha value is -7.23. The van der Waals surface area contributed by atoms with E-state index in [9.17, 15) is 0 Å². The number of fused-ring (bicyclic) bond motifs is 6. The van der Waals surface area contributed by atoms with E-state index in [-0.39, 0.29) is 0 Å². The predicted molar refractivity (Wildman–Crippen MR) is 235 cm³/mol. The first-order valence-corrected chi connectivity index (χ1v) is 19.4. The number of nitrogens with zero attached hydrogens (tertiary/aromatic N) is 3. The second-order valence-electron chi connectivity index (χ2n) is 14.7. The Morgan fingerprint density at radius 2 is 0.875 bits per heavy atom. The standard InChI is InChI=1S/C53H37N3/c1-2-15-36(16-3-1)37-17-12-19-39(31-37)48-34-41(38-18-13-21-42(32-38)55-50-27-8-4-23-44(50)45-24-5-9-28-51(45)55)35-49(54-48)40-20-14-22-43(33-40)56-52-29-10-6-25-46(52)47-26-7-11-30-53(47)56/h1-8,10-27,29-35H,9,28H2. The smallest absolute Gasteiger partial charge is 0.0716 e. The fraction of sp³-hybridized carbons (Fsp3) is 0.0377. The van der Waals surface area contributed by atoms with Crippen LogP contribution in [0.1, 0.15) is 17.7 Å². The van der Waals surface area contributed by atoms with Gasteiger partial charge < -0.3 is 9.13 Å². The number of rotatable bonds is 6. The number of para-hydroxylation sites is 3. The molecule has 3 heterocycles. The Morgan fingerprint density at radius 3 is 1.57 bits per heavy atom. The van der Waals surface area contributed by atoms with Gasteiger partial charge in [-0.2, -0.15) is 0 Å². The molecule has 1 aliphatic rings. The summed E-state index contributed by atoms with van der Waals surface area (Å²) in [6, 6.07) is 67.9. The Bertz CT molecular complexity index is 3090. The molecular formula is C53H37N3. The second kappa shape index (κ2) is 13.3. The lowest BCUT2D eigenvalue weighted by atomic mass is 9.97. The normalized spacial score (nSPS) is 12.4. The van der Waals surface area contributed by atoms with Crippen LogP contribution >= 0.6 is 0 Å². The van der Waals surface area contributed by atoms with Crippen LogP contribution in [0.15, 0.2) is 194 Å². The van der Waals surface area contributed by atoms with E-state index in [0.29, 0.717) is 0 Å². The number of aromatic nitrogens is 3. The van der Waals surface area contributed by atoms with E-state index in [2.05, 4.69) is 209 Å². The van der Waals surface area contributed by atoms with Crippen molar-refractivity contribution in [2.24, 2.45) is 0 Å². The first kappa shape index (κ1) is 32.2. The summed E-state index contributed by atoms with van der Waals surface area (Å²) in [5.41, 5.74) is 17.3. The summed E-state index contributed by atoms with van der Waals surface area (Å²) in [4.78, 5) is 5.43. The zero-order chi connectivity index (χ0) is 37.0. The van der Waals surface area contributed by atoms with Crippen LogP contribution in [0.4, 0.5) is 0 Å². The maximum absolute atomic E-state index is 5.43. The fourth-order valence-corrected chi connectivity index (χ4v) is 8.78. The van der Waals surface area contributed by atoms with Gasteiger partial charge in [-0.25, -0.2) is 4.98 Å². The molecule has 264 valence electrons. The van der Waals surface area contributed by atoms with Crippen LogP contribution in [-0.4, -0.2) is 14.1 Å². The van der Waals surface area contributed by atoms with Crippen LogP contribution in [0.3, 0.4) is 0 Å². The number of pyridine rings is 1. The van der Waals surface area contributed by atoms with Gasteiger partial charge in [0.1, 0.15) is 0 Å². The van der Waals surface area contributed by atoms with Gasteiger partial charge in [-0.1, -0.05) is 140 Å². The van der Waals surface area contributed by atoms with Crippen molar-refractivity contribution in [3.8, 4) is 56.1 Å². The quantitative estimate of drug-likeness (QED) is 0.168. The van der Waals surface area contributed by atoms with Gasteiger partial charge in [0.2, 0.25) is 0 Å². The Morgan fingerprint density at radius 1 is 0.375 bits per heavy atom. The van der Waals surface area contributed by atoms with Gasteiger partial charge in [-0.15, -0.1) is 0 Å². The highest BCUT2D eigenvalue weighted by Gasteiger charge is 2.19. The van der Waals surface area contributed by atoms with Crippen molar-refractivity contribution in [1.29, 1.82) is 0 Å². The van der Waals surface area contributed by atoms with E-state index >= 15 is 0 Å². The van der Waals surface area contributed by atoms with E-state index in [4.69, 9.17) is 4.98 Å². The molecule has 0 saturated heterocycles. The molecule has 0 spiro atoms. The molecule has 0 bridgehead atoms. The van der Waals surface area contributed by atoms with Crippen molar-refractivity contribution >= 4 is 38.8 Å². The molecule has 0 unspecified atom stereocenters. The summed E-state index contributed by atoms with van der Waals surface area (Å²) in [7, 11) is 0. The lowest BCUT2D eigenvalue weighted by Gasteiger charge is -2.16. The topological polar surface area (TPSA) is 22.8 Å². The third kappa shape index (κ3) is 5.39. The van der Waals surface area contributed by atoms with E-state index in [0.717, 1.165) is 52.2 Å². The Kier molecular flexibility index (Phi) is 7.63. The van der Waals surface area contributed by atoms with E-state index in [1.807, 2.05) is 0 Å². The van der Waals surface area contributed by atoms with Crippen LogP contribution in [-0.2, 0) is 6.42 Å². The minimum atomic E-state index is 0.935. The molecule has 0 amide bonds. The Labute approximate surface area is 326 Å². The van der Waals surface area contributed by atoms with Crippen LogP contribution in [0.5, 0.6) is 0 Å². The molecule has 3 nitrogen and oxygen atoms in total. The molecule has 7 aromatic carbocycles. The monoisotopic (exact) mass is 715 g/mol. The highest BCUT2D eigenvalue weighted by molar-refractivity contribution is 6.09. The second-order valence-corrected chi connectivity index (χ2v) is 14.7. The van der Waals surface area contributed by atoms with Gasteiger partial charge in [0.15, 0.2) is 0 Å². The first-order chi connectivity index (χ1) is 27.8. The predicted octanol–water partition coefficient (Wildman–Crippen LogP) is 13.7. The third-order valence-electron chi connectivity index (χ3n) is 11.4. The van der Waals surface area contributed by atoms with Gasteiger partial charge >= 0.3 is 0 Å². The molecule has 11 rings (SSSR count). The zero-order valence-corrected chi connectivity index (χ0v) is 30.8. The minimum absolute atomic E-state index is 0.935. The van der Waals surface area contributed by atoms with Gasteiger partial charge in [0, 0.05) is 49.9 Å². The molecule has 0 aliphatic heterocycles. The van der Waals surface area contributed by atoms with Crippen molar-refractivity contribution in [3.63, 3.8) is 0 Å². The average molecular weight is 716 g/mol. The lowest BCUT2D eigenvalue weighted by molar-refractivity contribution is 0.889. The average Bonchev–Trinajstić information content (AvgIpc) is 3.80. The number of hydrogen-bond donors (Lipinski definition) is 0. The maximum atomic E-state index is 5.43. The molecule has 0 saturated carbocycles. The van der Waals surface area contributed by atoms with Gasteiger partial charge in [-0.3, -0.25) is 0 Å². The molecule has 0 N–H and O–H groups in total. The van der Waals surface area contributed by atoms with Gasteiger partial charge in [-0.05, 0) is 95.8 Å². The van der Waals surface area contributed by atoms with Crippen molar-refractivity contribution in [2.75, 3.05) is 0 Å². The number of benzene rings is 7. The maximum Gasteiger partial charge on any atom is 0.0716 e. The summed E-state index contributed by atoms with van der Waals surface area (Å²) >= 11 is 0. The summed E-state index contributed by atoms with van der Waals surface area (Å²) in [5.74, 6) is 0. The van der Waals surface area contributed by atoms with E-state index in [1.165, 1.54) is 60.8 Å². The molecule has 3 heteroatoms. The summed E-state index contributed by atoms with van der Waals surface area (Å²) in [6.45, 7) is 0. The van der Waals surface area contributed by atoms with Crippen molar-refractivity contribution in [1.82, 2.24) is 14.1 Å². The van der Waals surface area contributed by atoms with Crippen LogP contribution < -0.4 is 0 Å². The highest BCUT2D eigenvalue weighted by atomic mass is 15.0. The minimum Gasteiger partial charge on any atom is -0.313 e. The Balaban J connectivity index is 1.10. The molecule has 0 atom stereocenters. The van der Waals surface area contributed by atoms with E-state index < -0.39 is 0 Å². The number of hydrogen-bond acceptors (Lipinski definition) is 1. The molecular weight excluding hydrogens is 679 g/mol. The molecule has 1 aliphatic carbocycles. The van der Waals surface area contributed by atoms with Crippen molar-refractivity contribution < 1.29 is 0 Å². The molecule has 3 aromatic heterocycles. The molecule has 56 heavy (non-hydrogen) atoms. The third-order valence-corrected chi connectivity index (χ3v) is 11.4. The van der Waals surface area contributed by atoms with Gasteiger partial charge in [0.05, 0.1) is 27.9 Å². The molecule has 0 radical (unpaired) electrons. The highest BCUT2D eigenvalue weighted by Crippen LogP contribution is 2.38. The largest absolute Gasteiger partial charge is 0.313 e. The zero-order valence-electron chi connectivity index (χ0n) is 30.8. The van der Waals surface area contributed by atoms with Crippen molar-refractivity contribution in [2.45, 2.75) is 12.8 Å². The molecule has 0 fully saturated rings. The SMILES string of the molecule is C1=Cc2c(n(-c3cccc(-c4cc(-c5cccc(-c6ccccc6)c5)nc(-c5cccc(-n6c7ccccc7c7ccccc76)c5)c4)c3)c3ccccc23)CC1.